The molecule has 7 heteroatoms. The molecule has 19 heavy (non-hydrogen) atoms. The second-order valence-corrected chi connectivity index (χ2v) is 4.79. The zero-order valence-electron chi connectivity index (χ0n) is 9.57. The van der Waals surface area contributed by atoms with Crippen LogP contribution in [0.5, 0.6) is 0 Å². The third-order valence-electron chi connectivity index (χ3n) is 2.73. The molecule has 6 nitrogen and oxygen atoms in total. The Balaban J connectivity index is 2.06. The molecule has 0 aromatic carbocycles. The summed E-state index contributed by atoms with van der Waals surface area (Å²) in [7, 11) is 0. The van der Waals surface area contributed by atoms with Crippen molar-refractivity contribution in [3.05, 3.63) is 51.8 Å². The molecular formula is C12H8N2O4S. The van der Waals surface area contributed by atoms with Gasteiger partial charge in [-0.25, -0.2) is 9.78 Å². The Labute approximate surface area is 110 Å². The number of fused-ring (bicyclic) bond motifs is 1. The van der Waals surface area contributed by atoms with E-state index < -0.39 is 5.97 Å². The number of aromatic nitrogens is 2. The smallest absolute Gasteiger partial charge is 0.339 e. The van der Waals surface area contributed by atoms with Crippen LogP contribution in [0.2, 0.25) is 0 Å². The third kappa shape index (κ3) is 1.93. The van der Waals surface area contributed by atoms with Gasteiger partial charge in [-0.15, -0.1) is 11.3 Å². The summed E-state index contributed by atoms with van der Waals surface area (Å²) in [5.74, 6) is -0.853. The summed E-state index contributed by atoms with van der Waals surface area (Å²) in [5.41, 5.74) is 0.495. The quantitative estimate of drug-likeness (QED) is 0.788. The van der Waals surface area contributed by atoms with Crippen LogP contribution in [0.4, 0.5) is 0 Å². The van der Waals surface area contributed by atoms with Crippen molar-refractivity contribution in [1.82, 2.24) is 9.55 Å². The Morgan fingerprint density at radius 2 is 2.32 bits per heavy atom. The highest BCUT2D eigenvalue weighted by Gasteiger charge is 2.15. The molecule has 0 fully saturated rings. The topological polar surface area (TPSA) is 85.3 Å². The van der Waals surface area contributed by atoms with Crippen molar-refractivity contribution >= 4 is 27.5 Å². The van der Waals surface area contributed by atoms with Crippen molar-refractivity contribution in [2.24, 2.45) is 0 Å². The molecule has 3 aromatic heterocycles. The molecule has 0 amide bonds. The molecule has 3 aromatic rings. The predicted molar refractivity (Wildman–Crippen MR) is 68.6 cm³/mol. The SMILES string of the molecule is O=C(O)c1ccoc1Cn1cnc2ccsc2c1=O. The van der Waals surface area contributed by atoms with Crippen LogP contribution in [-0.4, -0.2) is 20.6 Å². The Kier molecular flexibility index (Phi) is 2.68. The number of carboxylic acid groups (broad SMARTS) is 1. The monoisotopic (exact) mass is 276 g/mol. The zero-order valence-corrected chi connectivity index (χ0v) is 10.4. The molecule has 0 aliphatic rings. The second-order valence-electron chi connectivity index (χ2n) is 3.88. The van der Waals surface area contributed by atoms with Crippen molar-refractivity contribution in [2.75, 3.05) is 0 Å². The Morgan fingerprint density at radius 3 is 3.11 bits per heavy atom. The van der Waals surface area contributed by atoms with Crippen LogP contribution in [-0.2, 0) is 6.54 Å². The molecule has 0 saturated carbocycles. The number of rotatable bonds is 3. The highest BCUT2D eigenvalue weighted by molar-refractivity contribution is 7.17. The number of aromatic carboxylic acids is 1. The van der Waals surface area contributed by atoms with E-state index in [-0.39, 0.29) is 23.4 Å². The molecule has 3 rings (SSSR count). The van der Waals surface area contributed by atoms with Gasteiger partial charge in [-0.3, -0.25) is 9.36 Å². The van der Waals surface area contributed by atoms with Gasteiger partial charge in [0.2, 0.25) is 0 Å². The maximum absolute atomic E-state index is 12.1. The van der Waals surface area contributed by atoms with E-state index in [9.17, 15) is 9.59 Å². The summed E-state index contributed by atoms with van der Waals surface area (Å²) < 4.78 is 7.00. The maximum Gasteiger partial charge on any atom is 0.339 e. The summed E-state index contributed by atoms with van der Waals surface area (Å²) in [6.07, 6.45) is 2.69. The van der Waals surface area contributed by atoms with Gasteiger partial charge in [-0.1, -0.05) is 0 Å². The average Bonchev–Trinajstić information content (AvgIpc) is 3.01. The van der Waals surface area contributed by atoms with E-state index >= 15 is 0 Å². The van der Waals surface area contributed by atoms with Gasteiger partial charge in [0.15, 0.2) is 0 Å². The van der Waals surface area contributed by atoms with Crippen LogP contribution in [0.1, 0.15) is 16.1 Å². The van der Waals surface area contributed by atoms with E-state index in [0.717, 1.165) is 0 Å². The lowest BCUT2D eigenvalue weighted by molar-refractivity contribution is 0.0694. The summed E-state index contributed by atoms with van der Waals surface area (Å²) in [6, 6.07) is 3.13. The Bertz CT molecular complexity index is 814. The van der Waals surface area contributed by atoms with Gasteiger partial charge in [0.05, 0.1) is 24.7 Å². The molecular weight excluding hydrogens is 268 g/mol. The van der Waals surface area contributed by atoms with E-state index in [0.29, 0.717) is 10.2 Å². The number of furan rings is 1. The summed E-state index contributed by atoms with van der Waals surface area (Å²) in [6.45, 7) is 0.0499. The van der Waals surface area contributed by atoms with E-state index in [2.05, 4.69) is 4.98 Å². The summed E-state index contributed by atoms with van der Waals surface area (Å²) >= 11 is 1.31. The first kappa shape index (κ1) is 11.7. The molecule has 0 saturated heterocycles. The van der Waals surface area contributed by atoms with E-state index in [4.69, 9.17) is 9.52 Å². The van der Waals surface area contributed by atoms with Gasteiger partial charge in [0, 0.05) is 0 Å². The highest BCUT2D eigenvalue weighted by atomic mass is 32.1. The Morgan fingerprint density at radius 1 is 1.47 bits per heavy atom. The standard InChI is InChI=1S/C12H8N2O4S/c15-11-10-8(2-4-19-10)13-6-14(11)5-9-7(12(16)17)1-3-18-9/h1-4,6H,5H2,(H,16,17). The molecule has 0 aliphatic carbocycles. The van der Waals surface area contributed by atoms with Crippen LogP contribution in [0.25, 0.3) is 10.2 Å². The fourth-order valence-corrected chi connectivity index (χ4v) is 2.59. The minimum absolute atomic E-state index is 0.0499. The zero-order chi connectivity index (χ0) is 13.4. The summed E-state index contributed by atoms with van der Waals surface area (Å²) in [4.78, 5) is 27.3. The number of carbonyl (C=O) groups is 1. The normalized spacial score (nSPS) is 10.9. The Hall–Kier alpha value is -2.41. The molecule has 0 aliphatic heterocycles. The minimum Gasteiger partial charge on any atom is -0.478 e. The highest BCUT2D eigenvalue weighted by Crippen LogP contribution is 2.15. The van der Waals surface area contributed by atoms with E-state index in [1.807, 2.05) is 0 Å². The fraction of sp³-hybridized carbons (Fsp3) is 0.0833. The number of hydrogen-bond acceptors (Lipinski definition) is 5. The molecule has 96 valence electrons. The lowest BCUT2D eigenvalue weighted by atomic mass is 10.2. The molecule has 0 unspecified atom stereocenters. The van der Waals surface area contributed by atoms with Crippen molar-refractivity contribution in [1.29, 1.82) is 0 Å². The van der Waals surface area contributed by atoms with Gasteiger partial charge in [0.25, 0.3) is 5.56 Å². The molecule has 3 heterocycles. The molecule has 0 radical (unpaired) electrons. The van der Waals surface area contributed by atoms with E-state index in [1.54, 1.807) is 11.4 Å². The number of hydrogen-bond donors (Lipinski definition) is 1. The molecule has 1 N–H and O–H groups in total. The van der Waals surface area contributed by atoms with Crippen LogP contribution in [0, 0.1) is 0 Å². The maximum atomic E-state index is 12.1. The van der Waals surface area contributed by atoms with Crippen molar-refractivity contribution in [3.63, 3.8) is 0 Å². The van der Waals surface area contributed by atoms with Crippen molar-refractivity contribution in [2.45, 2.75) is 6.54 Å². The van der Waals surface area contributed by atoms with Crippen LogP contribution >= 0.6 is 11.3 Å². The van der Waals surface area contributed by atoms with Crippen molar-refractivity contribution in [3.8, 4) is 0 Å². The first-order chi connectivity index (χ1) is 9.16. The van der Waals surface area contributed by atoms with E-state index in [1.165, 1.54) is 34.6 Å². The van der Waals surface area contributed by atoms with Crippen LogP contribution in [0.3, 0.4) is 0 Å². The van der Waals surface area contributed by atoms with Crippen LogP contribution < -0.4 is 5.56 Å². The minimum atomic E-state index is -1.08. The average molecular weight is 276 g/mol. The lowest BCUT2D eigenvalue weighted by Crippen LogP contribution is -2.20. The van der Waals surface area contributed by atoms with Gasteiger partial charge < -0.3 is 9.52 Å². The number of thiophene rings is 1. The summed E-state index contributed by atoms with van der Waals surface area (Å²) in [5, 5.41) is 10.8. The first-order valence-electron chi connectivity index (χ1n) is 5.39. The second kappa shape index (κ2) is 4.36. The molecule has 0 spiro atoms. The molecule has 0 atom stereocenters. The molecule has 0 bridgehead atoms. The van der Waals surface area contributed by atoms with Crippen molar-refractivity contribution < 1.29 is 14.3 Å². The third-order valence-corrected chi connectivity index (χ3v) is 3.62. The first-order valence-corrected chi connectivity index (χ1v) is 6.27. The largest absolute Gasteiger partial charge is 0.478 e. The predicted octanol–water partition coefficient (Wildman–Crippen LogP) is 1.80. The van der Waals surface area contributed by atoms with Gasteiger partial charge in [-0.05, 0) is 17.5 Å². The number of carboxylic acids is 1. The van der Waals surface area contributed by atoms with Gasteiger partial charge in [-0.2, -0.15) is 0 Å². The fourth-order valence-electron chi connectivity index (χ4n) is 1.80. The van der Waals surface area contributed by atoms with Gasteiger partial charge >= 0.3 is 5.97 Å². The van der Waals surface area contributed by atoms with Crippen LogP contribution in [0.15, 0.2) is 39.3 Å². The lowest BCUT2D eigenvalue weighted by Gasteiger charge is -2.03. The number of nitrogens with zero attached hydrogens (tertiary/aromatic N) is 2. The van der Waals surface area contributed by atoms with Gasteiger partial charge in [0.1, 0.15) is 16.0 Å².